The van der Waals surface area contributed by atoms with Gasteiger partial charge in [-0.05, 0) is 37.5 Å². The van der Waals surface area contributed by atoms with Crippen molar-refractivity contribution in [1.29, 1.82) is 0 Å². The van der Waals surface area contributed by atoms with Crippen LogP contribution in [0.3, 0.4) is 0 Å². The molecule has 0 aliphatic heterocycles. The third kappa shape index (κ3) is 2.29. The Balaban J connectivity index is 1.87. The third-order valence-corrected chi connectivity index (χ3v) is 4.26. The van der Waals surface area contributed by atoms with E-state index in [4.69, 9.17) is 5.84 Å². The van der Waals surface area contributed by atoms with Gasteiger partial charge in [-0.1, -0.05) is 32.1 Å². The van der Waals surface area contributed by atoms with E-state index in [0.29, 0.717) is 6.04 Å². The van der Waals surface area contributed by atoms with Crippen LogP contribution in [-0.4, -0.2) is 6.04 Å². The Labute approximate surface area is 87.6 Å². The second-order valence-electron chi connectivity index (χ2n) is 5.14. The zero-order valence-electron chi connectivity index (χ0n) is 9.17. The summed E-state index contributed by atoms with van der Waals surface area (Å²) in [5.41, 5.74) is 3.10. The smallest absolute Gasteiger partial charge is 0.0266 e. The molecule has 82 valence electrons. The fraction of sp³-hybridized carbons (Fsp3) is 1.00. The molecule has 0 saturated heterocycles. The number of hydrogen-bond acceptors (Lipinski definition) is 2. The number of nitrogens with two attached hydrogens (primary N) is 1. The van der Waals surface area contributed by atoms with Gasteiger partial charge in [0.1, 0.15) is 0 Å². The summed E-state index contributed by atoms with van der Waals surface area (Å²) >= 11 is 0. The Hall–Kier alpha value is -0.0800. The summed E-state index contributed by atoms with van der Waals surface area (Å²) in [7, 11) is 0. The van der Waals surface area contributed by atoms with Gasteiger partial charge in [0.15, 0.2) is 0 Å². The van der Waals surface area contributed by atoms with Crippen molar-refractivity contribution in [2.75, 3.05) is 0 Å². The molecule has 0 aromatic rings. The van der Waals surface area contributed by atoms with Crippen molar-refractivity contribution in [3.8, 4) is 0 Å². The molecule has 1 unspecified atom stereocenters. The summed E-state index contributed by atoms with van der Waals surface area (Å²) in [6.07, 6.45) is 12.8. The first kappa shape index (κ1) is 10.4. The van der Waals surface area contributed by atoms with Crippen molar-refractivity contribution in [3.05, 3.63) is 0 Å². The van der Waals surface area contributed by atoms with Crippen LogP contribution in [0.2, 0.25) is 0 Å². The van der Waals surface area contributed by atoms with E-state index < -0.39 is 0 Å². The molecule has 2 aliphatic carbocycles. The largest absolute Gasteiger partial charge is 0.271 e. The van der Waals surface area contributed by atoms with Crippen molar-refractivity contribution < 1.29 is 0 Å². The maximum absolute atomic E-state index is 5.72. The lowest BCUT2D eigenvalue weighted by Gasteiger charge is -2.38. The topological polar surface area (TPSA) is 38.0 Å². The van der Waals surface area contributed by atoms with Crippen LogP contribution in [0.1, 0.15) is 57.8 Å². The molecule has 2 aliphatic rings. The first-order valence-electron chi connectivity index (χ1n) is 6.38. The molecule has 14 heavy (non-hydrogen) atoms. The number of hydrazine groups is 1. The average molecular weight is 196 g/mol. The van der Waals surface area contributed by atoms with Gasteiger partial charge < -0.3 is 0 Å². The molecule has 0 radical (unpaired) electrons. The lowest BCUT2D eigenvalue weighted by Crippen LogP contribution is -2.48. The van der Waals surface area contributed by atoms with E-state index in [1.807, 2.05) is 0 Å². The van der Waals surface area contributed by atoms with Gasteiger partial charge in [-0.3, -0.25) is 11.3 Å². The van der Waals surface area contributed by atoms with Crippen LogP contribution in [0.4, 0.5) is 0 Å². The molecule has 0 amide bonds. The highest BCUT2D eigenvalue weighted by atomic mass is 15.2. The van der Waals surface area contributed by atoms with Crippen molar-refractivity contribution in [1.82, 2.24) is 5.43 Å². The number of hydrogen-bond donors (Lipinski definition) is 2. The van der Waals surface area contributed by atoms with Crippen LogP contribution < -0.4 is 11.3 Å². The molecule has 0 aromatic carbocycles. The number of rotatable bonds is 3. The summed E-state index contributed by atoms with van der Waals surface area (Å²) in [6, 6.07) is 0.627. The van der Waals surface area contributed by atoms with Gasteiger partial charge in [0.25, 0.3) is 0 Å². The number of nitrogens with one attached hydrogen (secondary N) is 1. The molecule has 2 fully saturated rings. The van der Waals surface area contributed by atoms with Crippen LogP contribution in [-0.2, 0) is 0 Å². The minimum Gasteiger partial charge on any atom is -0.271 e. The first-order valence-corrected chi connectivity index (χ1v) is 6.38. The second kappa shape index (κ2) is 5.13. The molecular formula is C12H24N2. The highest BCUT2D eigenvalue weighted by Crippen LogP contribution is 2.36. The minimum absolute atomic E-state index is 0.627. The second-order valence-corrected chi connectivity index (χ2v) is 5.14. The van der Waals surface area contributed by atoms with Gasteiger partial charge in [-0.25, -0.2) is 0 Å². The zero-order chi connectivity index (χ0) is 9.80. The highest BCUT2D eigenvalue weighted by molar-refractivity contribution is 4.87. The lowest BCUT2D eigenvalue weighted by molar-refractivity contribution is 0.163. The quantitative estimate of drug-likeness (QED) is 0.413. The summed E-state index contributed by atoms with van der Waals surface area (Å²) in [6.45, 7) is 0. The van der Waals surface area contributed by atoms with E-state index >= 15 is 0 Å². The SMILES string of the molecule is NNC(C1CCCCCC1)C1CCC1. The summed E-state index contributed by atoms with van der Waals surface area (Å²) < 4.78 is 0. The summed E-state index contributed by atoms with van der Waals surface area (Å²) in [5, 5.41) is 0. The predicted octanol–water partition coefficient (Wildman–Crippen LogP) is 2.59. The molecule has 2 nitrogen and oxygen atoms in total. The van der Waals surface area contributed by atoms with Gasteiger partial charge in [-0.15, -0.1) is 0 Å². The molecule has 0 aromatic heterocycles. The van der Waals surface area contributed by atoms with E-state index in [1.165, 1.54) is 57.8 Å². The molecule has 2 saturated carbocycles. The van der Waals surface area contributed by atoms with Crippen LogP contribution in [0.5, 0.6) is 0 Å². The van der Waals surface area contributed by atoms with E-state index in [1.54, 1.807) is 0 Å². The Kier molecular flexibility index (Phi) is 3.82. The monoisotopic (exact) mass is 196 g/mol. The van der Waals surface area contributed by atoms with Crippen molar-refractivity contribution in [2.45, 2.75) is 63.8 Å². The summed E-state index contributed by atoms with van der Waals surface area (Å²) in [4.78, 5) is 0. The van der Waals surface area contributed by atoms with E-state index in [2.05, 4.69) is 5.43 Å². The van der Waals surface area contributed by atoms with Crippen molar-refractivity contribution >= 4 is 0 Å². The van der Waals surface area contributed by atoms with E-state index in [0.717, 1.165) is 11.8 Å². The van der Waals surface area contributed by atoms with Crippen LogP contribution >= 0.6 is 0 Å². The van der Waals surface area contributed by atoms with Gasteiger partial charge in [0.05, 0.1) is 0 Å². The first-order chi connectivity index (χ1) is 6.92. The average Bonchev–Trinajstić information content (AvgIpc) is 2.38. The van der Waals surface area contributed by atoms with Gasteiger partial charge in [0, 0.05) is 6.04 Å². The van der Waals surface area contributed by atoms with Crippen LogP contribution in [0.15, 0.2) is 0 Å². The molecular weight excluding hydrogens is 172 g/mol. The highest BCUT2D eigenvalue weighted by Gasteiger charge is 2.32. The van der Waals surface area contributed by atoms with Gasteiger partial charge >= 0.3 is 0 Å². The molecule has 2 heteroatoms. The Bertz CT molecular complexity index is 158. The van der Waals surface area contributed by atoms with Crippen LogP contribution in [0, 0.1) is 11.8 Å². The van der Waals surface area contributed by atoms with Gasteiger partial charge in [-0.2, -0.15) is 0 Å². The minimum atomic E-state index is 0.627. The van der Waals surface area contributed by atoms with Gasteiger partial charge in [0.2, 0.25) is 0 Å². The molecule has 3 N–H and O–H groups in total. The zero-order valence-corrected chi connectivity index (χ0v) is 9.17. The molecule has 0 heterocycles. The van der Waals surface area contributed by atoms with E-state index in [9.17, 15) is 0 Å². The molecule has 2 rings (SSSR count). The lowest BCUT2D eigenvalue weighted by atomic mass is 9.73. The Morgan fingerprint density at radius 1 is 0.786 bits per heavy atom. The van der Waals surface area contributed by atoms with Crippen molar-refractivity contribution in [2.24, 2.45) is 17.7 Å². The Morgan fingerprint density at radius 2 is 1.29 bits per heavy atom. The molecule has 1 atom stereocenters. The summed E-state index contributed by atoms with van der Waals surface area (Å²) in [5.74, 6) is 7.48. The van der Waals surface area contributed by atoms with E-state index in [-0.39, 0.29) is 0 Å². The normalized spacial score (nSPS) is 28.1. The fourth-order valence-electron chi connectivity index (χ4n) is 3.13. The standard InChI is InChI=1S/C12H24N2/c13-14-12(11-8-5-9-11)10-6-3-1-2-4-7-10/h10-12,14H,1-9,13H2. The predicted molar refractivity (Wildman–Crippen MR) is 59.6 cm³/mol. The fourth-order valence-corrected chi connectivity index (χ4v) is 3.13. The molecule has 0 spiro atoms. The van der Waals surface area contributed by atoms with Crippen molar-refractivity contribution in [3.63, 3.8) is 0 Å². The maximum Gasteiger partial charge on any atom is 0.0266 e. The maximum atomic E-state index is 5.72. The Morgan fingerprint density at radius 3 is 1.64 bits per heavy atom. The third-order valence-electron chi connectivity index (χ3n) is 4.26. The molecule has 0 bridgehead atoms. The van der Waals surface area contributed by atoms with Crippen LogP contribution in [0.25, 0.3) is 0 Å².